The number of nitriles is 1. The largest absolute Gasteiger partial charge is 0.396 e. The van der Waals surface area contributed by atoms with E-state index in [2.05, 4.69) is 15.3 Å². The van der Waals surface area contributed by atoms with Crippen LogP contribution in [-0.2, 0) is 12.8 Å². The van der Waals surface area contributed by atoms with E-state index in [9.17, 15) is 0 Å². The molecule has 2 heterocycles. The van der Waals surface area contributed by atoms with Gasteiger partial charge in [0.15, 0.2) is 11.6 Å². The van der Waals surface area contributed by atoms with Gasteiger partial charge in [0, 0.05) is 6.42 Å². The van der Waals surface area contributed by atoms with Gasteiger partial charge < -0.3 is 14.2 Å². The number of aliphatic hydroxyl groups excluding tert-OH is 1. The Morgan fingerprint density at radius 3 is 2.88 bits per heavy atom. The lowest BCUT2D eigenvalue weighted by Crippen LogP contribution is -1.95. The Bertz CT molecular complexity index is 552. The summed E-state index contributed by atoms with van der Waals surface area (Å²) in [6.07, 6.45) is 0.588. The van der Waals surface area contributed by atoms with Crippen LogP contribution in [0.1, 0.15) is 28.7 Å². The van der Waals surface area contributed by atoms with Gasteiger partial charge in [-0.2, -0.15) is 10.2 Å². The molecular weight excluding hydrogens is 224 g/mol. The summed E-state index contributed by atoms with van der Waals surface area (Å²) in [6, 6.07) is 2.01. The molecular formula is C10H10N4O3. The minimum absolute atomic E-state index is 0.0362. The van der Waals surface area contributed by atoms with Crippen molar-refractivity contribution in [3.8, 4) is 6.07 Å². The molecule has 2 aromatic heterocycles. The smallest absolute Gasteiger partial charge is 0.232 e. The lowest BCUT2D eigenvalue weighted by Gasteiger charge is -1.88. The molecule has 0 atom stereocenters. The SMILES string of the molecule is Cc1onc(Cc2nc(CCO)no2)c1C#N. The second-order valence-corrected chi connectivity index (χ2v) is 3.43. The molecule has 0 amide bonds. The summed E-state index contributed by atoms with van der Waals surface area (Å²) in [5, 5.41) is 25.1. The number of hydrogen-bond acceptors (Lipinski definition) is 7. The Balaban J connectivity index is 2.17. The van der Waals surface area contributed by atoms with Crippen molar-refractivity contribution < 1.29 is 14.2 Å². The number of aromatic nitrogens is 3. The van der Waals surface area contributed by atoms with Gasteiger partial charge >= 0.3 is 0 Å². The third-order valence-corrected chi connectivity index (χ3v) is 2.21. The Hall–Kier alpha value is -2.20. The Morgan fingerprint density at radius 2 is 2.18 bits per heavy atom. The summed E-state index contributed by atoms with van der Waals surface area (Å²) in [6.45, 7) is 1.63. The molecule has 17 heavy (non-hydrogen) atoms. The van der Waals surface area contributed by atoms with E-state index in [1.165, 1.54) is 0 Å². The van der Waals surface area contributed by atoms with E-state index in [1.54, 1.807) is 6.92 Å². The topological polar surface area (TPSA) is 109 Å². The van der Waals surface area contributed by atoms with Crippen LogP contribution in [0.3, 0.4) is 0 Å². The van der Waals surface area contributed by atoms with E-state index < -0.39 is 0 Å². The Labute approximate surface area is 96.7 Å². The average Bonchev–Trinajstić information content (AvgIpc) is 2.88. The number of aliphatic hydroxyl groups is 1. The van der Waals surface area contributed by atoms with Crippen molar-refractivity contribution in [3.05, 3.63) is 28.7 Å². The summed E-state index contributed by atoms with van der Waals surface area (Å²) >= 11 is 0. The fourth-order valence-corrected chi connectivity index (χ4v) is 1.39. The molecule has 0 saturated carbocycles. The maximum Gasteiger partial charge on any atom is 0.232 e. The summed E-state index contributed by atoms with van der Waals surface area (Å²) < 4.78 is 9.88. The fourth-order valence-electron chi connectivity index (χ4n) is 1.39. The van der Waals surface area contributed by atoms with Crippen molar-refractivity contribution >= 4 is 0 Å². The predicted octanol–water partition coefficient (Wildman–Crippen LogP) is 0.363. The number of rotatable bonds is 4. The third-order valence-electron chi connectivity index (χ3n) is 2.21. The molecule has 0 fully saturated rings. The van der Waals surface area contributed by atoms with Crippen LogP contribution in [0.25, 0.3) is 0 Å². The van der Waals surface area contributed by atoms with Crippen LogP contribution in [0.15, 0.2) is 9.05 Å². The van der Waals surface area contributed by atoms with Crippen molar-refractivity contribution in [2.75, 3.05) is 6.61 Å². The first-order valence-corrected chi connectivity index (χ1v) is 5.02. The third kappa shape index (κ3) is 2.32. The zero-order valence-corrected chi connectivity index (χ0v) is 9.17. The minimum atomic E-state index is -0.0362. The normalized spacial score (nSPS) is 10.4. The first-order valence-electron chi connectivity index (χ1n) is 5.02. The number of hydrogen-bond donors (Lipinski definition) is 1. The van der Waals surface area contributed by atoms with Crippen LogP contribution in [0.5, 0.6) is 0 Å². The first kappa shape index (κ1) is 11.3. The highest BCUT2D eigenvalue weighted by Crippen LogP contribution is 2.15. The molecule has 7 heteroatoms. The van der Waals surface area contributed by atoms with Crippen molar-refractivity contribution in [1.82, 2.24) is 15.3 Å². The van der Waals surface area contributed by atoms with Gasteiger partial charge in [0.05, 0.1) is 13.0 Å². The van der Waals surface area contributed by atoms with E-state index in [-0.39, 0.29) is 13.0 Å². The average molecular weight is 234 g/mol. The molecule has 0 spiro atoms. The molecule has 7 nitrogen and oxygen atoms in total. The fraction of sp³-hybridized carbons (Fsp3) is 0.400. The lowest BCUT2D eigenvalue weighted by molar-refractivity contribution is 0.293. The molecule has 88 valence electrons. The Kier molecular flexibility index (Phi) is 3.16. The zero-order chi connectivity index (χ0) is 12.3. The summed E-state index contributed by atoms with van der Waals surface area (Å²) in [7, 11) is 0. The van der Waals surface area contributed by atoms with Gasteiger partial charge in [-0.1, -0.05) is 10.3 Å². The molecule has 0 radical (unpaired) electrons. The zero-order valence-electron chi connectivity index (χ0n) is 9.17. The predicted molar refractivity (Wildman–Crippen MR) is 53.8 cm³/mol. The summed E-state index contributed by atoms with van der Waals surface area (Å²) in [5.74, 6) is 1.25. The second-order valence-electron chi connectivity index (χ2n) is 3.43. The first-order chi connectivity index (χ1) is 8.24. The van der Waals surface area contributed by atoms with Crippen LogP contribution in [0.4, 0.5) is 0 Å². The van der Waals surface area contributed by atoms with Gasteiger partial charge in [-0.25, -0.2) is 0 Å². The van der Waals surface area contributed by atoms with Gasteiger partial charge in [-0.15, -0.1) is 0 Å². The van der Waals surface area contributed by atoms with Crippen LogP contribution < -0.4 is 0 Å². The van der Waals surface area contributed by atoms with Gasteiger partial charge in [-0.05, 0) is 6.92 Å². The molecule has 2 aromatic rings. The van der Waals surface area contributed by atoms with Crippen molar-refractivity contribution in [2.24, 2.45) is 0 Å². The van der Waals surface area contributed by atoms with Gasteiger partial charge in [0.1, 0.15) is 17.3 Å². The quantitative estimate of drug-likeness (QED) is 0.813. The highest BCUT2D eigenvalue weighted by molar-refractivity contribution is 5.36. The second kappa shape index (κ2) is 4.76. The molecule has 0 bridgehead atoms. The van der Waals surface area contributed by atoms with Gasteiger partial charge in [0.25, 0.3) is 0 Å². The van der Waals surface area contributed by atoms with Crippen molar-refractivity contribution in [2.45, 2.75) is 19.8 Å². The molecule has 2 rings (SSSR count). The maximum absolute atomic E-state index is 8.91. The van der Waals surface area contributed by atoms with E-state index in [1.807, 2.05) is 6.07 Å². The molecule has 0 aromatic carbocycles. The molecule has 0 unspecified atom stereocenters. The maximum atomic E-state index is 8.91. The summed E-state index contributed by atoms with van der Waals surface area (Å²) in [5.41, 5.74) is 0.871. The van der Waals surface area contributed by atoms with Crippen LogP contribution >= 0.6 is 0 Å². The number of nitrogens with zero attached hydrogens (tertiary/aromatic N) is 4. The molecule has 0 aliphatic rings. The van der Waals surface area contributed by atoms with E-state index in [0.29, 0.717) is 35.2 Å². The highest BCUT2D eigenvalue weighted by Gasteiger charge is 2.16. The van der Waals surface area contributed by atoms with E-state index >= 15 is 0 Å². The highest BCUT2D eigenvalue weighted by atomic mass is 16.5. The lowest BCUT2D eigenvalue weighted by atomic mass is 10.2. The minimum Gasteiger partial charge on any atom is -0.396 e. The van der Waals surface area contributed by atoms with Crippen LogP contribution in [0.2, 0.25) is 0 Å². The van der Waals surface area contributed by atoms with Crippen molar-refractivity contribution in [1.29, 1.82) is 5.26 Å². The van der Waals surface area contributed by atoms with Crippen LogP contribution in [-0.4, -0.2) is 27.0 Å². The Morgan fingerprint density at radius 1 is 1.35 bits per heavy atom. The van der Waals surface area contributed by atoms with E-state index in [0.717, 1.165) is 0 Å². The molecule has 0 aliphatic carbocycles. The van der Waals surface area contributed by atoms with Crippen LogP contribution in [0, 0.1) is 18.3 Å². The summed E-state index contributed by atoms with van der Waals surface area (Å²) in [4.78, 5) is 4.05. The van der Waals surface area contributed by atoms with Gasteiger partial charge in [0.2, 0.25) is 5.89 Å². The standard InChI is InChI=1S/C10H10N4O3/c1-6-7(5-11)8(13-16-6)4-10-12-9(2-3-15)14-17-10/h15H,2-4H2,1H3. The van der Waals surface area contributed by atoms with Gasteiger partial charge in [-0.3, -0.25) is 0 Å². The monoisotopic (exact) mass is 234 g/mol. The number of aryl methyl sites for hydroxylation is 1. The van der Waals surface area contributed by atoms with Crippen molar-refractivity contribution in [3.63, 3.8) is 0 Å². The molecule has 1 N–H and O–H groups in total. The van der Waals surface area contributed by atoms with E-state index in [4.69, 9.17) is 19.4 Å². The molecule has 0 saturated heterocycles. The molecule has 0 aliphatic heterocycles.